The highest BCUT2D eigenvalue weighted by Crippen LogP contribution is 2.28. The van der Waals surface area contributed by atoms with E-state index in [1.165, 1.54) is 6.92 Å². The van der Waals surface area contributed by atoms with E-state index in [0.29, 0.717) is 6.61 Å². The molecule has 0 amide bonds. The zero-order chi connectivity index (χ0) is 20.7. The summed E-state index contributed by atoms with van der Waals surface area (Å²) in [4.78, 5) is 0. The smallest absolute Gasteiger partial charge is 0.226 e. The molecule has 0 radical (unpaired) electrons. The molecule has 5 unspecified atom stereocenters. The first-order valence-corrected chi connectivity index (χ1v) is 10.8. The summed E-state index contributed by atoms with van der Waals surface area (Å²) in [5.41, 5.74) is 0. The van der Waals surface area contributed by atoms with Gasteiger partial charge in [0.05, 0.1) is 25.9 Å². The lowest BCUT2D eigenvalue weighted by Crippen LogP contribution is -2.61. The second kappa shape index (κ2) is 15.7. The Balaban J connectivity index is 5.11. The van der Waals surface area contributed by atoms with Crippen molar-refractivity contribution in [2.75, 3.05) is 19.8 Å². The van der Waals surface area contributed by atoms with Gasteiger partial charge in [-0.1, -0.05) is 65.7 Å². The van der Waals surface area contributed by atoms with E-state index in [9.17, 15) is 20.4 Å². The maximum atomic E-state index is 10.6. The molecular weight excluding hydrogens is 348 g/mol. The Kier molecular flexibility index (Phi) is 15.5. The third kappa shape index (κ3) is 9.68. The standard InChI is InChI=1S/C21H44O6/c1-5-8-10-11-12-14-26-21(19(24)15-22,20(25)17(4)23)27-16-18(7-3)13-9-6-2/h17-20,22-25H,5-16H2,1-4H3. The van der Waals surface area contributed by atoms with E-state index >= 15 is 0 Å². The van der Waals surface area contributed by atoms with Crippen molar-refractivity contribution >= 4 is 0 Å². The highest BCUT2D eigenvalue weighted by molar-refractivity contribution is 4.90. The predicted octanol–water partition coefficient (Wildman–Crippen LogP) is 3.00. The van der Waals surface area contributed by atoms with Crippen LogP contribution in [0.5, 0.6) is 0 Å². The molecule has 0 aliphatic carbocycles. The molecule has 0 saturated carbocycles. The summed E-state index contributed by atoms with van der Waals surface area (Å²) in [6, 6.07) is 0. The van der Waals surface area contributed by atoms with Crippen molar-refractivity contribution in [2.24, 2.45) is 5.92 Å². The van der Waals surface area contributed by atoms with Crippen LogP contribution >= 0.6 is 0 Å². The third-order valence-corrected chi connectivity index (χ3v) is 5.17. The van der Waals surface area contributed by atoms with Crippen LogP contribution in [-0.4, -0.2) is 64.3 Å². The van der Waals surface area contributed by atoms with Crippen molar-refractivity contribution in [2.45, 2.75) is 110 Å². The molecule has 0 aromatic rings. The largest absolute Gasteiger partial charge is 0.393 e. The summed E-state index contributed by atoms with van der Waals surface area (Å²) in [6.45, 7) is 7.75. The third-order valence-electron chi connectivity index (χ3n) is 5.17. The van der Waals surface area contributed by atoms with Crippen LogP contribution in [0.2, 0.25) is 0 Å². The van der Waals surface area contributed by atoms with Crippen molar-refractivity contribution < 1.29 is 29.9 Å². The van der Waals surface area contributed by atoms with Gasteiger partial charge >= 0.3 is 0 Å². The van der Waals surface area contributed by atoms with Gasteiger partial charge in [0.25, 0.3) is 0 Å². The van der Waals surface area contributed by atoms with Gasteiger partial charge in [-0.05, 0) is 25.7 Å². The fourth-order valence-electron chi connectivity index (χ4n) is 3.15. The predicted molar refractivity (Wildman–Crippen MR) is 107 cm³/mol. The minimum absolute atomic E-state index is 0.268. The number of rotatable bonds is 18. The van der Waals surface area contributed by atoms with E-state index < -0.39 is 30.7 Å². The molecule has 6 heteroatoms. The maximum absolute atomic E-state index is 10.6. The Bertz CT molecular complexity index is 339. The SMILES string of the molecule is CCCCCCCOC(OCC(CC)CCCC)(C(O)CO)C(O)C(C)O. The lowest BCUT2D eigenvalue weighted by Gasteiger charge is -2.42. The number of hydrogen-bond donors (Lipinski definition) is 4. The molecule has 164 valence electrons. The Hall–Kier alpha value is -0.240. The summed E-state index contributed by atoms with van der Waals surface area (Å²) < 4.78 is 11.8. The van der Waals surface area contributed by atoms with E-state index in [1.807, 2.05) is 0 Å². The molecule has 0 aromatic carbocycles. The van der Waals surface area contributed by atoms with Gasteiger partial charge in [-0.3, -0.25) is 0 Å². The molecule has 0 rings (SSSR count). The van der Waals surface area contributed by atoms with E-state index in [0.717, 1.165) is 57.8 Å². The second-order valence-electron chi connectivity index (χ2n) is 7.60. The molecule has 5 atom stereocenters. The highest BCUT2D eigenvalue weighted by atomic mass is 16.7. The van der Waals surface area contributed by atoms with Crippen LogP contribution in [0.4, 0.5) is 0 Å². The Morgan fingerprint density at radius 3 is 2.00 bits per heavy atom. The van der Waals surface area contributed by atoms with E-state index in [4.69, 9.17) is 9.47 Å². The van der Waals surface area contributed by atoms with E-state index in [2.05, 4.69) is 20.8 Å². The Labute approximate surface area is 165 Å². The summed E-state index contributed by atoms with van der Waals surface area (Å²) in [6.07, 6.45) is 5.15. The second-order valence-corrected chi connectivity index (χ2v) is 7.60. The Morgan fingerprint density at radius 1 is 0.852 bits per heavy atom. The maximum Gasteiger partial charge on any atom is 0.226 e. The zero-order valence-corrected chi connectivity index (χ0v) is 17.9. The number of unbranched alkanes of at least 4 members (excludes halogenated alkanes) is 5. The molecule has 0 fully saturated rings. The number of aliphatic hydroxyl groups is 4. The molecule has 6 nitrogen and oxygen atoms in total. The molecule has 0 saturated heterocycles. The van der Waals surface area contributed by atoms with Gasteiger partial charge in [-0.15, -0.1) is 0 Å². The van der Waals surface area contributed by atoms with Crippen molar-refractivity contribution in [3.8, 4) is 0 Å². The van der Waals surface area contributed by atoms with Crippen molar-refractivity contribution in [1.82, 2.24) is 0 Å². The first-order valence-electron chi connectivity index (χ1n) is 10.8. The molecule has 0 aliphatic heterocycles. The van der Waals surface area contributed by atoms with Crippen molar-refractivity contribution in [1.29, 1.82) is 0 Å². The van der Waals surface area contributed by atoms with Gasteiger partial charge in [0.1, 0.15) is 12.2 Å². The first kappa shape index (κ1) is 26.8. The fraction of sp³-hybridized carbons (Fsp3) is 1.00. The van der Waals surface area contributed by atoms with Gasteiger partial charge in [0.2, 0.25) is 5.79 Å². The van der Waals surface area contributed by atoms with Crippen molar-refractivity contribution in [3.05, 3.63) is 0 Å². The Morgan fingerprint density at radius 2 is 1.48 bits per heavy atom. The van der Waals surface area contributed by atoms with Gasteiger partial charge in [0, 0.05) is 0 Å². The normalized spacial score (nSPS) is 18.7. The minimum Gasteiger partial charge on any atom is -0.393 e. The number of ether oxygens (including phenoxy) is 2. The monoisotopic (exact) mass is 392 g/mol. The molecular formula is C21H44O6. The quantitative estimate of drug-likeness (QED) is 0.211. The molecule has 0 heterocycles. The van der Waals surface area contributed by atoms with Crippen molar-refractivity contribution in [3.63, 3.8) is 0 Å². The molecule has 4 N–H and O–H groups in total. The summed E-state index contributed by atoms with van der Waals surface area (Å²) >= 11 is 0. The highest BCUT2D eigenvalue weighted by Gasteiger charge is 2.49. The van der Waals surface area contributed by atoms with E-state index in [-0.39, 0.29) is 12.5 Å². The number of hydrogen-bond acceptors (Lipinski definition) is 6. The topological polar surface area (TPSA) is 99.4 Å². The van der Waals surface area contributed by atoms with Crippen LogP contribution in [0.15, 0.2) is 0 Å². The lowest BCUT2D eigenvalue weighted by atomic mass is 9.97. The zero-order valence-electron chi connectivity index (χ0n) is 17.9. The molecule has 0 spiro atoms. The molecule has 27 heavy (non-hydrogen) atoms. The van der Waals surface area contributed by atoms with Crippen LogP contribution in [0.25, 0.3) is 0 Å². The molecule has 0 bridgehead atoms. The van der Waals surface area contributed by atoms with Gasteiger partial charge in [-0.2, -0.15) is 0 Å². The number of aliphatic hydroxyl groups excluding tert-OH is 4. The van der Waals surface area contributed by atoms with Crippen LogP contribution in [-0.2, 0) is 9.47 Å². The molecule has 0 aliphatic rings. The minimum atomic E-state index is -1.83. The summed E-state index contributed by atoms with van der Waals surface area (Å²) in [5, 5.41) is 40.5. The summed E-state index contributed by atoms with van der Waals surface area (Å²) in [7, 11) is 0. The van der Waals surface area contributed by atoms with Gasteiger partial charge in [0.15, 0.2) is 0 Å². The summed E-state index contributed by atoms with van der Waals surface area (Å²) in [5.74, 6) is -1.56. The lowest BCUT2D eigenvalue weighted by molar-refractivity contribution is -0.340. The van der Waals surface area contributed by atoms with Crippen LogP contribution in [0, 0.1) is 5.92 Å². The van der Waals surface area contributed by atoms with Gasteiger partial charge < -0.3 is 29.9 Å². The average molecular weight is 393 g/mol. The van der Waals surface area contributed by atoms with Crippen LogP contribution < -0.4 is 0 Å². The van der Waals surface area contributed by atoms with E-state index in [1.54, 1.807) is 0 Å². The van der Waals surface area contributed by atoms with Gasteiger partial charge in [-0.25, -0.2) is 0 Å². The van der Waals surface area contributed by atoms with Crippen LogP contribution in [0.3, 0.4) is 0 Å². The van der Waals surface area contributed by atoms with Crippen LogP contribution in [0.1, 0.15) is 85.5 Å². The fourth-order valence-corrected chi connectivity index (χ4v) is 3.15. The molecule has 0 aromatic heterocycles. The first-order chi connectivity index (χ1) is 12.9. The average Bonchev–Trinajstić information content (AvgIpc) is 2.67.